The highest BCUT2D eigenvalue weighted by molar-refractivity contribution is 6.03. The summed E-state index contributed by atoms with van der Waals surface area (Å²) >= 11 is 0. The van der Waals surface area contributed by atoms with Crippen LogP contribution in [-0.2, 0) is 4.79 Å². The number of furan rings is 1. The molecule has 2 aromatic carbocycles. The number of ether oxygens (including phenoxy) is 1. The van der Waals surface area contributed by atoms with Gasteiger partial charge in [0.25, 0.3) is 11.8 Å². The molecule has 2 N–H and O–H groups in total. The summed E-state index contributed by atoms with van der Waals surface area (Å²) in [5, 5.41) is 9.68. The Labute approximate surface area is 185 Å². The van der Waals surface area contributed by atoms with Gasteiger partial charge in [-0.25, -0.2) is 5.48 Å². The fourth-order valence-electron chi connectivity index (χ4n) is 3.58. The van der Waals surface area contributed by atoms with Gasteiger partial charge in [0.05, 0.1) is 6.54 Å². The van der Waals surface area contributed by atoms with Crippen molar-refractivity contribution in [3.05, 3.63) is 66.2 Å². The number of hydrogen-bond donors (Lipinski definition) is 2. The molecule has 1 aromatic heterocycles. The number of anilines is 2. The van der Waals surface area contributed by atoms with Crippen LogP contribution in [0.2, 0.25) is 0 Å². The Morgan fingerprint density at radius 1 is 1.22 bits per heavy atom. The lowest BCUT2D eigenvalue weighted by atomic mass is 10.1. The van der Waals surface area contributed by atoms with Gasteiger partial charge in [-0.1, -0.05) is 12.1 Å². The first kappa shape index (κ1) is 21.5. The minimum Gasteiger partial charge on any atom is -0.492 e. The molecule has 2 heterocycles. The van der Waals surface area contributed by atoms with Gasteiger partial charge in [-0.2, -0.15) is 0 Å². The zero-order valence-electron chi connectivity index (χ0n) is 17.8. The maximum Gasteiger partial charge on any atom is 0.274 e. The van der Waals surface area contributed by atoms with Crippen molar-refractivity contribution < 1.29 is 24.0 Å². The molecule has 2 amide bonds. The van der Waals surface area contributed by atoms with E-state index in [1.54, 1.807) is 47.6 Å². The molecule has 166 valence electrons. The van der Waals surface area contributed by atoms with Crippen molar-refractivity contribution >= 4 is 34.4 Å². The first-order valence-corrected chi connectivity index (χ1v) is 10.5. The van der Waals surface area contributed by atoms with E-state index in [-0.39, 0.29) is 19.1 Å². The molecule has 0 unspecified atom stereocenters. The molecule has 0 bridgehead atoms. The van der Waals surface area contributed by atoms with Crippen molar-refractivity contribution in [2.24, 2.45) is 0 Å². The second-order valence-electron chi connectivity index (χ2n) is 7.42. The summed E-state index contributed by atoms with van der Waals surface area (Å²) in [6.45, 7) is 4.34. The molecule has 8 heteroatoms. The molecule has 3 aromatic rings. The van der Waals surface area contributed by atoms with Crippen LogP contribution >= 0.6 is 0 Å². The SMILES string of the molecule is C/C=C/C(=O)N(CCOc1ccc(C(=O)NO)cc1)c1cc2c(N3CCC3)cccc2o1. The fourth-order valence-corrected chi connectivity index (χ4v) is 3.58. The average Bonchev–Trinajstić information content (AvgIpc) is 3.20. The number of hydrogen-bond acceptors (Lipinski definition) is 6. The predicted octanol–water partition coefficient (Wildman–Crippen LogP) is 3.75. The minimum absolute atomic E-state index is 0.198. The van der Waals surface area contributed by atoms with Crippen LogP contribution in [0.4, 0.5) is 11.6 Å². The fraction of sp³-hybridized carbons (Fsp3) is 0.250. The summed E-state index contributed by atoms with van der Waals surface area (Å²) < 4.78 is 11.8. The number of nitrogens with one attached hydrogen (secondary N) is 1. The molecule has 8 nitrogen and oxygen atoms in total. The van der Waals surface area contributed by atoms with Gasteiger partial charge in [0, 0.05) is 35.8 Å². The van der Waals surface area contributed by atoms with Crippen molar-refractivity contribution in [2.45, 2.75) is 13.3 Å². The Balaban J connectivity index is 1.50. The van der Waals surface area contributed by atoms with E-state index in [0.717, 1.165) is 29.7 Å². The number of hydroxylamine groups is 1. The molecule has 1 saturated heterocycles. The standard InChI is InChI=1S/C24H25N3O5/c1-2-5-22(28)27(14-15-31-18-10-8-17(9-11-18)24(29)25-30)23-16-19-20(26-12-4-13-26)6-3-7-21(19)32-23/h2-3,5-11,16,30H,4,12-15H2,1H3,(H,25,29)/b5-2+. The van der Waals surface area contributed by atoms with Crippen LogP contribution in [-0.4, -0.2) is 43.3 Å². The van der Waals surface area contributed by atoms with Crippen LogP contribution in [0.5, 0.6) is 5.75 Å². The van der Waals surface area contributed by atoms with Crippen molar-refractivity contribution in [3.63, 3.8) is 0 Å². The second-order valence-corrected chi connectivity index (χ2v) is 7.42. The van der Waals surface area contributed by atoms with Gasteiger partial charge in [-0.3, -0.25) is 19.7 Å². The van der Waals surface area contributed by atoms with Gasteiger partial charge in [0.2, 0.25) is 5.88 Å². The molecule has 1 aliphatic rings. The lowest BCUT2D eigenvalue weighted by Gasteiger charge is -2.33. The number of fused-ring (bicyclic) bond motifs is 1. The zero-order chi connectivity index (χ0) is 22.5. The summed E-state index contributed by atoms with van der Waals surface area (Å²) in [7, 11) is 0. The molecular weight excluding hydrogens is 410 g/mol. The maximum absolute atomic E-state index is 12.7. The van der Waals surface area contributed by atoms with E-state index >= 15 is 0 Å². The van der Waals surface area contributed by atoms with Crippen molar-refractivity contribution in [1.82, 2.24) is 5.48 Å². The van der Waals surface area contributed by atoms with E-state index < -0.39 is 5.91 Å². The van der Waals surface area contributed by atoms with Crippen molar-refractivity contribution in [3.8, 4) is 5.75 Å². The average molecular weight is 435 g/mol. The summed E-state index contributed by atoms with van der Waals surface area (Å²) in [4.78, 5) is 28.0. The summed E-state index contributed by atoms with van der Waals surface area (Å²) in [6.07, 6.45) is 4.36. The number of allylic oxidation sites excluding steroid dienone is 1. The third-order valence-electron chi connectivity index (χ3n) is 5.37. The maximum atomic E-state index is 12.7. The summed E-state index contributed by atoms with van der Waals surface area (Å²) in [5.41, 5.74) is 3.75. The molecule has 0 radical (unpaired) electrons. The highest BCUT2D eigenvalue weighted by atomic mass is 16.5. The molecule has 4 rings (SSSR count). The molecular formula is C24H25N3O5. The monoisotopic (exact) mass is 435 g/mol. The van der Waals surface area contributed by atoms with Crippen LogP contribution < -0.4 is 20.0 Å². The first-order valence-electron chi connectivity index (χ1n) is 10.5. The molecule has 1 aliphatic heterocycles. The van der Waals surface area contributed by atoms with Crippen LogP contribution in [0.25, 0.3) is 11.0 Å². The Hall–Kier alpha value is -3.78. The Morgan fingerprint density at radius 3 is 2.66 bits per heavy atom. The van der Waals surface area contributed by atoms with Crippen LogP contribution in [0.15, 0.2) is 65.1 Å². The van der Waals surface area contributed by atoms with Crippen molar-refractivity contribution in [2.75, 3.05) is 36.0 Å². The van der Waals surface area contributed by atoms with Gasteiger partial charge >= 0.3 is 0 Å². The second kappa shape index (κ2) is 9.57. The topological polar surface area (TPSA) is 95.2 Å². The van der Waals surface area contributed by atoms with E-state index in [1.807, 2.05) is 18.2 Å². The first-order chi connectivity index (χ1) is 15.6. The third-order valence-corrected chi connectivity index (χ3v) is 5.37. The highest BCUT2D eigenvalue weighted by Gasteiger charge is 2.22. The van der Waals surface area contributed by atoms with Gasteiger partial charge in [-0.05, 0) is 55.8 Å². The highest BCUT2D eigenvalue weighted by Crippen LogP contribution is 2.35. The van der Waals surface area contributed by atoms with E-state index in [2.05, 4.69) is 11.0 Å². The number of nitrogens with zero attached hydrogens (tertiary/aromatic N) is 2. The van der Waals surface area contributed by atoms with Crippen LogP contribution in [0.1, 0.15) is 23.7 Å². The molecule has 0 saturated carbocycles. The van der Waals surface area contributed by atoms with Crippen LogP contribution in [0, 0.1) is 0 Å². The normalized spacial score (nSPS) is 13.2. The van der Waals surface area contributed by atoms with Crippen molar-refractivity contribution in [1.29, 1.82) is 0 Å². The van der Waals surface area contributed by atoms with E-state index in [9.17, 15) is 9.59 Å². The largest absolute Gasteiger partial charge is 0.492 e. The van der Waals surface area contributed by atoms with E-state index in [0.29, 0.717) is 17.2 Å². The molecule has 0 atom stereocenters. The number of amides is 2. The summed E-state index contributed by atoms with van der Waals surface area (Å²) in [5.74, 6) is 0.218. The zero-order valence-corrected chi connectivity index (χ0v) is 17.8. The third kappa shape index (κ3) is 4.45. The van der Waals surface area contributed by atoms with Gasteiger partial charge in [-0.15, -0.1) is 0 Å². The quantitative estimate of drug-likeness (QED) is 0.318. The van der Waals surface area contributed by atoms with Crippen LogP contribution in [0.3, 0.4) is 0 Å². The minimum atomic E-state index is -0.595. The number of benzene rings is 2. The molecule has 32 heavy (non-hydrogen) atoms. The number of carbonyl (C=O) groups is 2. The lowest BCUT2D eigenvalue weighted by molar-refractivity contribution is -0.114. The number of carbonyl (C=O) groups excluding carboxylic acids is 2. The van der Waals surface area contributed by atoms with Gasteiger partial charge in [0.1, 0.15) is 17.9 Å². The Morgan fingerprint density at radius 2 is 2.00 bits per heavy atom. The molecule has 0 spiro atoms. The Bertz CT molecular complexity index is 1130. The van der Waals surface area contributed by atoms with E-state index in [1.165, 1.54) is 12.5 Å². The van der Waals surface area contributed by atoms with Gasteiger partial charge < -0.3 is 14.1 Å². The molecule has 1 fully saturated rings. The predicted molar refractivity (Wildman–Crippen MR) is 121 cm³/mol. The summed E-state index contributed by atoms with van der Waals surface area (Å²) in [6, 6.07) is 14.2. The number of rotatable bonds is 8. The van der Waals surface area contributed by atoms with Gasteiger partial charge in [0.15, 0.2) is 0 Å². The Kier molecular flexibility index (Phi) is 6.42. The van der Waals surface area contributed by atoms with E-state index in [4.69, 9.17) is 14.4 Å². The smallest absolute Gasteiger partial charge is 0.274 e. The lowest BCUT2D eigenvalue weighted by Crippen LogP contribution is -2.37. The molecule has 0 aliphatic carbocycles.